The van der Waals surface area contributed by atoms with Crippen molar-refractivity contribution in [3.63, 3.8) is 0 Å². The highest BCUT2D eigenvalue weighted by Crippen LogP contribution is 2.32. The molecule has 0 spiro atoms. The molecule has 1 amide bonds. The van der Waals surface area contributed by atoms with E-state index in [2.05, 4.69) is 11.3 Å². The van der Waals surface area contributed by atoms with Crippen LogP contribution in [0, 0.1) is 0 Å². The van der Waals surface area contributed by atoms with Crippen LogP contribution in [0.1, 0.15) is 19.4 Å². The van der Waals surface area contributed by atoms with Gasteiger partial charge in [-0.25, -0.2) is 0 Å². The van der Waals surface area contributed by atoms with Gasteiger partial charge in [0.2, 0.25) is 5.91 Å². The molecular weight excluding hydrogens is 227 g/mol. The van der Waals surface area contributed by atoms with Gasteiger partial charge in [-0.15, -0.1) is 0 Å². The second-order valence-electron chi connectivity index (χ2n) is 4.95. The zero-order chi connectivity index (χ0) is 13.3. The SMILES string of the molecule is CB(O)N[C@@H](C)C(=O)N1c2ccccc2C[C@@H]1C. The Bertz CT molecular complexity index is 450. The number of nitrogens with one attached hydrogen (secondary N) is 1. The Hall–Kier alpha value is -1.33. The molecule has 2 atom stereocenters. The number of fused-ring (bicyclic) bond motifs is 1. The van der Waals surface area contributed by atoms with E-state index in [1.165, 1.54) is 5.56 Å². The van der Waals surface area contributed by atoms with Gasteiger partial charge in [-0.05, 0) is 38.7 Å². The van der Waals surface area contributed by atoms with Crippen LogP contribution in [0.2, 0.25) is 6.82 Å². The molecule has 5 heteroatoms. The zero-order valence-electron chi connectivity index (χ0n) is 11.1. The first-order valence-corrected chi connectivity index (χ1v) is 6.35. The Balaban J connectivity index is 2.20. The molecule has 96 valence electrons. The fourth-order valence-electron chi connectivity index (χ4n) is 2.54. The third-order valence-corrected chi connectivity index (χ3v) is 3.31. The normalized spacial score (nSPS) is 19.6. The average Bonchev–Trinajstić information content (AvgIpc) is 2.63. The molecule has 1 aliphatic heterocycles. The van der Waals surface area contributed by atoms with Gasteiger partial charge in [0, 0.05) is 11.7 Å². The number of amides is 1. The van der Waals surface area contributed by atoms with E-state index < -0.39 is 13.1 Å². The summed E-state index contributed by atoms with van der Waals surface area (Å²) in [6, 6.07) is 7.77. The highest BCUT2D eigenvalue weighted by molar-refractivity contribution is 6.46. The summed E-state index contributed by atoms with van der Waals surface area (Å²) in [7, 11) is -0.683. The van der Waals surface area contributed by atoms with Crippen molar-refractivity contribution < 1.29 is 9.82 Å². The molecular formula is C13H19BN2O2. The van der Waals surface area contributed by atoms with Gasteiger partial charge in [-0.2, -0.15) is 0 Å². The number of nitrogens with zero attached hydrogens (tertiary/aromatic N) is 1. The number of para-hydroxylation sites is 1. The number of anilines is 1. The number of rotatable bonds is 3. The van der Waals surface area contributed by atoms with E-state index in [1.54, 1.807) is 13.7 Å². The second-order valence-corrected chi connectivity index (χ2v) is 4.95. The van der Waals surface area contributed by atoms with Gasteiger partial charge < -0.3 is 15.2 Å². The molecule has 0 bridgehead atoms. The maximum atomic E-state index is 12.4. The minimum absolute atomic E-state index is 0.00773. The van der Waals surface area contributed by atoms with E-state index in [0.29, 0.717) is 0 Å². The van der Waals surface area contributed by atoms with Crippen LogP contribution in [0.3, 0.4) is 0 Å². The van der Waals surface area contributed by atoms with Crippen LogP contribution in [0.4, 0.5) is 5.69 Å². The minimum atomic E-state index is -0.683. The van der Waals surface area contributed by atoms with E-state index >= 15 is 0 Å². The van der Waals surface area contributed by atoms with Crippen LogP contribution in [0.5, 0.6) is 0 Å². The van der Waals surface area contributed by atoms with Crippen LogP contribution >= 0.6 is 0 Å². The lowest BCUT2D eigenvalue weighted by Gasteiger charge is -2.26. The third-order valence-electron chi connectivity index (χ3n) is 3.31. The van der Waals surface area contributed by atoms with Gasteiger partial charge >= 0.3 is 7.05 Å². The molecule has 0 saturated carbocycles. The Morgan fingerprint density at radius 2 is 2.22 bits per heavy atom. The molecule has 0 saturated heterocycles. The molecule has 0 unspecified atom stereocenters. The van der Waals surface area contributed by atoms with Crippen LogP contribution in [-0.4, -0.2) is 30.1 Å². The lowest BCUT2D eigenvalue weighted by Crippen LogP contribution is -2.51. The second kappa shape index (κ2) is 5.12. The summed E-state index contributed by atoms with van der Waals surface area (Å²) < 4.78 is 0. The number of carbonyl (C=O) groups excluding carboxylic acids is 1. The molecule has 2 N–H and O–H groups in total. The molecule has 0 radical (unpaired) electrons. The van der Waals surface area contributed by atoms with Gasteiger partial charge in [-0.1, -0.05) is 18.2 Å². The van der Waals surface area contributed by atoms with Gasteiger partial charge in [0.25, 0.3) is 0 Å². The minimum Gasteiger partial charge on any atom is -0.437 e. The predicted octanol–water partition coefficient (Wildman–Crippen LogP) is 1.05. The van der Waals surface area contributed by atoms with Gasteiger partial charge in [0.15, 0.2) is 0 Å². The van der Waals surface area contributed by atoms with Crippen molar-refractivity contribution in [2.75, 3.05) is 4.90 Å². The molecule has 0 fully saturated rings. The fourth-order valence-corrected chi connectivity index (χ4v) is 2.54. The lowest BCUT2D eigenvalue weighted by atomic mass is 9.87. The van der Waals surface area contributed by atoms with E-state index in [9.17, 15) is 9.82 Å². The maximum absolute atomic E-state index is 12.4. The molecule has 1 aliphatic rings. The van der Waals surface area contributed by atoms with E-state index in [1.807, 2.05) is 30.0 Å². The molecule has 4 nitrogen and oxygen atoms in total. The van der Waals surface area contributed by atoms with Crippen molar-refractivity contribution in [2.24, 2.45) is 0 Å². The van der Waals surface area contributed by atoms with Gasteiger partial charge in [0.05, 0.1) is 6.04 Å². The molecule has 1 aromatic carbocycles. The highest BCUT2D eigenvalue weighted by atomic mass is 16.2. The number of hydrogen-bond donors (Lipinski definition) is 2. The summed E-state index contributed by atoms with van der Waals surface area (Å²) in [6.45, 7) is 5.45. The summed E-state index contributed by atoms with van der Waals surface area (Å²) >= 11 is 0. The number of hydrogen-bond acceptors (Lipinski definition) is 3. The van der Waals surface area contributed by atoms with Crippen molar-refractivity contribution in [2.45, 2.75) is 39.2 Å². The van der Waals surface area contributed by atoms with E-state index in [0.717, 1.165) is 12.1 Å². The van der Waals surface area contributed by atoms with Crippen molar-refractivity contribution in [1.29, 1.82) is 0 Å². The van der Waals surface area contributed by atoms with E-state index in [4.69, 9.17) is 0 Å². The van der Waals surface area contributed by atoms with Crippen molar-refractivity contribution in [3.05, 3.63) is 29.8 Å². The topological polar surface area (TPSA) is 52.6 Å². The standard InChI is InChI=1S/C13H19BN2O2/c1-9-8-11-6-4-5-7-12(11)16(9)13(17)10(2)15-14(3)18/h4-7,9-10,15,18H,8H2,1-3H3/t9-,10-/m0/s1. The van der Waals surface area contributed by atoms with Gasteiger partial charge in [-0.3, -0.25) is 4.79 Å². The Kier molecular flexibility index (Phi) is 3.73. The Morgan fingerprint density at radius 1 is 1.56 bits per heavy atom. The average molecular weight is 246 g/mol. The Labute approximate surface area is 108 Å². The number of carbonyl (C=O) groups is 1. The fraction of sp³-hybridized carbons (Fsp3) is 0.462. The monoisotopic (exact) mass is 246 g/mol. The quantitative estimate of drug-likeness (QED) is 0.784. The molecule has 0 aliphatic carbocycles. The lowest BCUT2D eigenvalue weighted by molar-refractivity contribution is -0.120. The summed E-state index contributed by atoms with van der Waals surface area (Å²) in [5.74, 6) is 0.00773. The number of benzene rings is 1. The summed E-state index contributed by atoms with van der Waals surface area (Å²) in [6.07, 6.45) is 0.892. The maximum Gasteiger partial charge on any atom is 0.374 e. The summed E-state index contributed by atoms with van der Waals surface area (Å²) in [5, 5.41) is 12.1. The first kappa shape index (κ1) is 13.1. The molecule has 1 aromatic rings. The van der Waals surface area contributed by atoms with Crippen molar-refractivity contribution >= 4 is 18.6 Å². The molecule has 0 aromatic heterocycles. The Morgan fingerprint density at radius 3 is 2.89 bits per heavy atom. The van der Waals surface area contributed by atoms with Crippen molar-refractivity contribution in [3.8, 4) is 0 Å². The van der Waals surface area contributed by atoms with Gasteiger partial charge in [0.1, 0.15) is 0 Å². The first-order chi connectivity index (χ1) is 8.50. The van der Waals surface area contributed by atoms with E-state index in [-0.39, 0.29) is 11.9 Å². The first-order valence-electron chi connectivity index (χ1n) is 6.35. The van der Waals surface area contributed by atoms with Crippen LogP contribution in [0.15, 0.2) is 24.3 Å². The predicted molar refractivity (Wildman–Crippen MR) is 73.5 cm³/mol. The molecule has 18 heavy (non-hydrogen) atoms. The third kappa shape index (κ3) is 2.42. The highest BCUT2D eigenvalue weighted by Gasteiger charge is 2.33. The molecule has 1 heterocycles. The zero-order valence-corrected chi connectivity index (χ0v) is 11.1. The molecule has 2 rings (SSSR count). The van der Waals surface area contributed by atoms with Crippen LogP contribution < -0.4 is 10.1 Å². The van der Waals surface area contributed by atoms with Crippen LogP contribution in [-0.2, 0) is 11.2 Å². The van der Waals surface area contributed by atoms with Crippen molar-refractivity contribution in [1.82, 2.24) is 5.23 Å². The largest absolute Gasteiger partial charge is 0.437 e. The summed E-state index contributed by atoms with van der Waals surface area (Å²) in [4.78, 5) is 14.2. The summed E-state index contributed by atoms with van der Waals surface area (Å²) in [5.41, 5.74) is 2.21. The smallest absolute Gasteiger partial charge is 0.374 e. The van der Waals surface area contributed by atoms with Crippen LogP contribution in [0.25, 0.3) is 0 Å².